The Balaban J connectivity index is 1.91. The van der Waals surface area contributed by atoms with Crippen molar-refractivity contribution < 1.29 is 4.79 Å². The number of aryl methyl sites for hydroxylation is 2. The van der Waals surface area contributed by atoms with Crippen LogP contribution in [-0.2, 0) is 4.79 Å². The number of thioether (sulfide) groups is 1. The second-order valence-corrected chi connectivity index (χ2v) is 5.11. The first-order valence-electron chi connectivity index (χ1n) is 5.64. The molecule has 0 saturated carbocycles. The number of amides is 1. The second-order valence-electron chi connectivity index (χ2n) is 4.09. The summed E-state index contributed by atoms with van der Waals surface area (Å²) in [5, 5.41) is 9.20. The molecule has 4 nitrogen and oxygen atoms in total. The minimum Gasteiger partial charge on any atom is -0.323 e. The summed E-state index contributed by atoms with van der Waals surface area (Å²) in [5.74, 6) is 0.373. The van der Waals surface area contributed by atoms with E-state index in [1.165, 1.54) is 11.1 Å². The van der Waals surface area contributed by atoms with E-state index in [9.17, 15) is 4.79 Å². The van der Waals surface area contributed by atoms with E-state index in [1.807, 2.05) is 0 Å². The van der Waals surface area contributed by atoms with Crippen LogP contribution in [-0.4, -0.2) is 21.9 Å². The highest BCUT2D eigenvalue weighted by Crippen LogP contribution is 2.23. The average Bonchev–Trinajstić information content (AvgIpc) is 2.83. The van der Waals surface area contributed by atoms with E-state index < -0.39 is 0 Å². The highest BCUT2D eigenvalue weighted by molar-refractivity contribution is 8.00. The van der Waals surface area contributed by atoms with Gasteiger partial charge in [-0.15, -0.1) is 11.8 Å². The predicted molar refractivity (Wildman–Crippen MR) is 73.9 cm³/mol. The van der Waals surface area contributed by atoms with Crippen LogP contribution in [0.3, 0.4) is 0 Å². The minimum atomic E-state index is -0.0256. The van der Waals surface area contributed by atoms with Crippen LogP contribution in [0.5, 0.6) is 0 Å². The van der Waals surface area contributed by atoms with Crippen molar-refractivity contribution in [2.24, 2.45) is 0 Å². The number of nitrogens with zero attached hydrogens (tertiary/aromatic N) is 1. The molecule has 0 saturated heterocycles. The fraction of sp³-hybridized carbons (Fsp3) is 0.231. The van der Waals surface area contributed by atoms with Gasteiger partial charge in [-0.1, -0.05) is 17.7 Å². The Bertz CT molecular complexity index is 537. The Hall–Kier alpha value is -1.75. The van der Waals surface area contributed by atoms with Crippen LogP contribution in [0.1, 0.15) is 11.1 Å². The van der Waals surface area contributed by atoms with Gasteiger partial charge < -0.3 is 5.32 Å². The largest absolute Gasteiger partial charge is 0.323 e. The number of nitrogens with one attached hydrogen (secondary N) is 2. The molecule has 0 spiro atoms. The molecule has 1 amide bonds. The molecule has 5 heteroatoms. The van der Waals surface area contributed by atoms with Gasteiger partial charge in [0.25, 0.3) is 0 Å². The van der Waals surface area contributed by atoms with E-state index in [0.717, 1.165) is 4.90 Å². The molecule has 0 aliphatic heterocycles. The van der Waals surface area contributed by atoms with Crippen molar-refractivity contribution in [3.63, 3.8) is 0 Å². The third kappa shape index (κ3) is 3.37. The fourth-order valence-corrected chi connectivity index (χ4v) is 2.45. The molecule has 2 aromatic rings. The first kappa shape index (κ1) is 12.7. The lowest BCUT2D eigenvalue weighted by atomic mass is 10.2. The topological polar surface area (TPSA) is 57.8 Å². The number of aromatic nitrogens is 2. The normalized spacial score (nSPS) is 10.3. The molecule has 0 fully saturated rings. The van der Waals surface area contributed by atoms with Crippen LogP contribution >= 0.6 is 11.8 Å². The van der Waals surface area contributed by atoms with E-state index in [-0.39, 0.29) is 5.91 Å². The maximum Gasteiger partial charge on any atom is 0.234 e. The van der Waals surface area contributed by atoms with Crippen LogP contribution in [0.15, 0.2) is 35.5 Å². The first-order chi connectivity index (χ1) is 8.65. The van der Waals surface area contributed by atoms with Crippen molar-refractivity contribution in [3.8, 4) is 0 Å². The predicted octanol–water partition coefficient (Wildman–Crippen LogP) is 2.76. The van der Waals surface area contributed by atoms with Gasteiger partial charge in [-0.25, -0.2) is 0 Å². The van der Waals surface area contributed by atoms with Gasteiger partial charge in [0.05, 0.1) is 17.6 Å². The van der Waals surface area contributed by atoms with Crippen molar-refractivity contribution in [2.75, 3.05) is 11.1 Å². The van der Waals surface area contributed by atoms with Gasteiger partial charge in [0.1, 0.15) is 0 Å². The van der Waals surface area contributed by atoms with Gasteiger partial charge in [0.2, 0.25) is 5.91 Å². The number of aromatic amines is 1. The summed E-state index contributed by atoms with van der Waals surface area (Å²) < 4.78 is 0. The molecule has 0 aliphatic carbocycles. The molecule has 2 N–H and O–H groups in total. The van der Waals surface area contributed by atoms with Crippen LogP contribution < -0.4 is 5.32 Å². The molecule has 18 heavy (non-hydrogen) atoms. The number of hydrogen-bond acceptors (Lipinski definition) is 3. The third-order valence-corrected chi connectivity index (χ3v) is 3.64. The number of rotatable bonds is 4. The number of H-pyrrole nitrogens is 1. The lowest BCUT2D eigenvalue weighted by molar-refractivity contribution is -0.113. The van der Waals surface area contributed by atoms with Crippen LogP contribution in [0.2, 0.25) is 0 Å². The second kappa shape index (κ2) is 5.73. The molecule has 0 bridgehead atoms. The molecular weight excluding hydrogens is 246 g/mol. The average molecular weight is 261 g/mol. The van der Waals surface area contributed by atoms with Crippen LogP contribution in [0.4, 0.5) is 5.69 Å². The molecule has 1 aromatic carbocycles. The minimum absolute atomic E-state index is 0.0256. The molecule has 0 unspecified atom stereocenters. The van der Waals surface area contributed by atoms with Gasteiger partial charge >= 0.3 is 0 Å². The lowest BCUT2D eigenvalue weighted by Crippen LogP contribution is -2.13. The zero-order valence-corrected chi connectivity index (χ0v) is 11.2. The van der Waals surface area contributed by atoms with Crippen LogP contribution in [0, 0.1) is 13.8 Å². The molecule has 0 radical (unpaired) electrons. The molecule has 94 valence electrons. The maximum atomic E-state index is 11.7. The summed E-state index contributed by atoms with van der Waals surface area (Å²) in [6, 6.07) is 6.25. The maximum absolute atomic E-state index is 11.7. The van der Waals surface area contributed by atoms with E-state index in [2.05, 4.69) is 47.6 Å². The summed E-state index contributed by atoms with van der Waals surface area (Å²) in [6.07, 6.45) is 3.24. The first-order valence-corrected chi connectivity index (χ1v) is 6.62. The van der Waals surface area contributed by atoms with Crippen molar-refractivity contribution >= 4 is 23.4 Å². The Morgan fingerprint density at radius 2 is 2.28 bits per heavy atom. The zero-order chi connectivity index (χ0) is 13.0. The summed E-state index contributed by atoms with van der Waals surface area (Å²) >= 11 is 1.55. The molecule has 1 aromatic heterocycles. The molecule has 1 heterocycles. The van der Waals surface area contributed by atoms with Gasteiger partial charge in [-0.3, -0.25) is 9.89 Å². The van der Waals surface area contributed by atoms with Gasteiger partial charge in [0, 0.05) is 11.1 Å². The number of anilines is 1. The Morgan fingerprint density at radius 1 is 1.44 bits per heavy atom. The van der Waals surface area contributed by atoms with Crippen LogP contribution in [0.25, 0.3) is 0 Å². The highest BCUT2D eigenvalue weighted by Gasteiger charge is 2.06. The van der Waals surface area contributed by atoms with E-state index in [0.29, 0.717) is 11.4 Å². The van der Waals surface area contributed by atoms with E-state index in [4.69, 9.17) is 0 Å². The highest BCUT2D eigenvalue weighted by atomic mass is 32.2. The van der Waals surface area contributed by atoms with E-state index >= 15 is 0 Å². The van der Waals surface area contributed by atoms with Crippen molar-refractivity contribution in [2.45, 2.75) is 18.7 Å². The quantitative estimate of drug-likeness (QED) is 0.832. The Kier molecular flexibility index (Phi) is 4.04. The van der Waals surface area contributed by atoms with Gasteiger partial charge in [-0.05, 0) is 25.5 Å². The molecular formula is C13H15N3OS. The summed E-state index contributed by atoms with van der Waals surface area (Å²) in [7, 11) is 0. The lowest BCUT2D eigenvalue weighted by Gasteiger charge is -2.06. The molecule has 2 rings (SSSR count). The van der Waals surface area contributed by atoms with Gasteiger partial charge in [0.15, 0.2) is 0 Å². The summed E-state index contributed by atoms with van der Waals surface area (Å²) in [4.78, 5) is 12.9. The molecule has 0 aliphatic rings. The van der Waals surface area contributed by atoms with E-state index in [1.54, 1.807) is 24.2 Å². The summed E-state index contributed by atoms with van der Waals surface area (Å²) in [6.45, 7) is 4.10. The smallest absolute Gasteiger partial charge is 0.234 e. The number of benzene rings is 1. The Labute approximate surface area is 110 Å². The number of carbonyl (C=O) groups excluding carboxylic acids is 1. The van der Waals surface area contributed by atoms with Crippen molar-refractivity contribution in [3.05, 3.63) is 41.7 Å². The standard InChI is InChI=1S/C13H15N3OS/c1-9-3-4-10(2)12(5-9)18-8-13(17)16-11-6-14-15-7-11/h3-7H,8H2,1-2H3,(H,14,15)(H,16,17). The number of hydrogen-bond donors (Lipinski definition) is 2. The van der Waals surface area contributed by atoms with Gasteiger partial charge in [-0.2, -0.15) is 5.10 Å². The molecule has 0 atom stereocenters. The number of carbonyl (C=O) groups is 1. The SMILES string of the molecule is Cc1ccc(C)c(SCC(=O)Nc2cn[nH]c2)c1. The fourth-order valence-electron chi connectivity index (χ4n) is 1.52. The third-order valence-electron chi connectivity index (χ3n) is 2.48. The van der Waals surface area contributed by atoms with Crippen molar-refractivity contribution in [1.82, 2.24) is 10.2 Å². The zero-order valence-electron chi connectivity index (χ0n) is 10.4. The van der Waals surface area contributed by atoms with Crippen molar-refractivity contribution in [1.29, 1.82) is 0 Å². The Morgan fingerprint density at radius 3 is 3.00 bits per heavy atom. The monoisotopic (exact) mass is 261 g/mol. The summed E-state index contributed by atoms with van der Waals surface area (Å²) in [5.41, 5.74) is 3.10.